The van der Waals surface area contributed by atoms with E-state index in [2.05, 4.69) is 5.32 Å². The highest BCUT2D eigenvalue weighted by molar-refractivity contribution is 6.35. The van der Waals surface area contributed by atoms with E-state index in [1.54, 1.807) is 30.0 Å². The smallest absolute Gasteiger partial charge is 0.245 e. The number of amides is 2. The summed E-state index contributed by atoms with van der Waals surface area (Å²) in [5.41, 5.74) is 0.676. The highest BCUT2D eigenvalue weighted by Gasteiger charge is 2.23. The maximum absolute atomic E-state index is 12.2. The highest BCUT2D eigenvalue weighted by Crippen LogP contribution is 2.21. The number of benzene rings is 1. The molecule has 120 valence electrons. The molecule has 1 fully saturated rings. The minimum Gasteiger partial charge on any atom is -0.378 e. The van der Waals surface area contributed by atoms with Crippen LogP contribution in [0.2, 0.25) is 10.0 Å². The van der Waals surface area contributed by atoms with Gasteiger partial charge < -0.3 is 15.0 Å². The van der Waals surface area contributed by atoms with Gasteiger partial charge in [-0.25, -0.2) is 0 Å². The van der Waals surface area contributed by atoms with Crippen molar-refractivity contribution in [1.29, 1.82) is 0 Å². The number of hydrogen-bond donors (Lipinski definition) is 1. The molecule has 0 bridgehead atoms. The van der Waals surface area contributed by atoms with Crippen LogP contribution in [0.25, 0.3) is 0 Å². The van der Waals surface area contributed by atoms with Crippen LogP contribution < -0.4 is 5.32 Å². The van der Waals surface area contributed by atoms with E-state index in [-0.39, 0.29) is 18.2 Å². The summed E-state index contributed by atoms with van der Waals surface area (Å²) >= 11 is 11.9. The van der Waals surface area contributed by atoms with Crippen molar-refractivity contribution in [1.82, 2.24) is 10.2 Å². The van der Waals surface area contributed by atoms with Gasteiger partial charge in [-0.15, -0.1) is 0 Å². The quantitative estimate of drug-likeness (QED) is 0.907. The van der Waals surface area contributed by atoms with Crippen molar-refractivity contribution in [3.63, 3.8) is 0 Å². The number of carbonyl (C=O) groups excluding carboxylic acids is 2. The molecule has 1 heterocycles. The van der Waals surface area contributed by atoms with Gasteiger partial charge in [-0.05, 0) is 24.6 Å². The lowest BCUT2D eigenvalue weighted by Crippen LogP contribution is -2.50. The lowest BCUT2D eigenvalue weighted by atomic mass is 10.1. The second-order valence-electron chi connectivity index (χ2n) is 5.14. The summed E-state index contributed by atoms with van der Waals surface area (Å²) in [6.07, 6.45) is 0.108. The summed E-state index contributed by atoms with van der Waals surface area (Å²) < 4.78 is 5.21. The Morgan fingerprint density at radius 1 is 1.32 bits per heavy atom. The van der Waals surface area contributed by atoms with Gasteiger partial charge in [0, 0.05) is 23.1 Å². The summed E-state index contributed by atoms with van der Waals surface area (Å²) in [5, 5.41) is 3.66. The lowest BCUT2D eigenvalue weighted by Gasteiger charge is -2.29. The Morgan fingerprint density at radius 2 is 2.00 bits per heavy atom. The van der Waals surface area contributed by atoms with E-state index < -0.39 is 6.04 Å². The molecule has 1 aliphatic heterocycles. The zero-order valence-electron chi connectivity index (χ0n) is 12.3. The molecule has 0 radical (unpaired) electrons. The number of nitrogens with one attached hydrogen (secondary N) is 1. The van der Waals surface area contributed by atoms with E-state index in [0.29, 0.717) is 41.9 Å². The number of carbonyl (C=O) groups is 2. The van der Waals surface area contributed by atoms with Crippen molar-refractivity contribution in [2.24, 2.45) is 0 Å². The first-order valence-corrected chi connectivity index (χ1v) is 7.83. The second kappa shape index (κ2) is 7.81. The van der Waals surface area contributed by atoms with Gasteiger partial charge in [-0.1, -0.05) is 29.3 Å². The van der Waals surface area contributed by atoms with Crippen LogP contribution in [-0.2, 0) is 20.7 Å². The molecule has 7 heteroatoms. The molecule has 1 aliphatic rings. The topological polar surface area (TPSA) is 58.6 Å². The van der Waals surface area contributed by atoms with E-state index >= 15 is 0 Å². The first-order valence-electron chi connectivity index (χ1n) is 7.07. The maximum Gasteiger partial charge on any atom is 0.245 e. The van der Waals surface area contributed by atoms with E-state index in [1.165, 1.54) is 0 Å². The molecule has 0 unspecified atom stereocenters. The molecule has 0 spiro atoms. The van der Waals surface area contributed by atoms with Gasteiger partial charge in [0.15, 0.2) is 0 Å². The van der Waals surface area contributed by atoms with Gasteiger partial charge in [0.05, 0.1) is 19.6 Å². The molecule has 0 aliphatic carbocycles. The summed E-state index contributed by atoms with van der Waals surface area (Å²) in [5.74, 6) is -0.350. The number of ether oxygens (including phenoxy) is 1. The van der Waals surface area contributed by atoms with Crippen molar-refractivity contribution >= 4 is 35.0 Å². The average Bonchev–Trinajstić information content (AvgIpc) is 2.50. The molecule has 1 saturated heterocycles. The Balaban J connectivity index is 1.89. The molecule has 5 nitrogen and oxygen atoms in total. The summed E-state index contributed by atoms with van der Waals surface area (Å²) in [4.78, 5) is 26.0. The van der Waals surface area contributed by atoms with Gasteiger partial charge in [0.25, 0.3) is 0 Å². The third-order valence-electron chi connectivity index (χ3n) is 3.44. The predicted molar refractivity (Wildman–Crippen MR) is 85.2 cm³/mol. The van der Waals surface area contributed by atoms with Crippen LogP contribution in [0.15, 0.2) is 18.2 Å². The van der Waals surface area contributed by atoms with Crippen LogP contribution in [0.1, 0.15) is 12.5 Å². The molecular weight excluding hydrogens is 327 g/mol. The Labute approximate surface area is 139 Å². The molecule has 1 aromatic rings. The summed E-state index contributed by atoms with van der Waals surface area (Å²) in [7, 11) is 0. The van der Waals surface area contributed by atoms with Crippen LogP contribution in [0.4, 0.5) is 0 Å². The van der Waals surface area contributed by atoms with Crippen molar-refractivity contribution < 1.29 is 14.3 Å². The van der Waals surface area contributed by atoms with Crippen LogP contribution in [-0.4, -0.2) is 49.1 Å². The second-order valence-corrected chi connectivity index (χ2v) is 5.98. The summed E-state index contributed by atoms with van der Waals surface area (Å²) in [6, 6.07) is 4.40. The molecular formula is C15H18Cl2N2O3. The van der Waals surface area contributed by atoms with Gasteiger partial charge in [-0.3, -0.25) is 9.59 Å². The first kappa shape index (κ1) is 17.1. The highest BCUT2D eigenvalue weighted by atomic mass is 35.5. The number of morpholine rings is 1. The van der Waals surface area contributed by atoms with E-state index in [0.717, 1.165) is 0 Å². The van der Waals surface area contributed by atoms with Gasteiger partial charge in [-0.2, -0.15) is 0 Å². The van der Waals surface area contributed by atoms with E-state index in [4.69, 9.17) is 27.9 Å². The van der Waals surface area contributed by atoms with Crippen LogP contribution >= 0.6 is 23.2 Å². The minimum absolute atomic E-state index is 0.0983. The van der Waals surface area contributed by atoms with Crippen LogP contribution in [0, 0.1) is 0 Å². The Kier molecular flexibility index (Phi) is 6.06. The molecule has 0 saturated carbocycles. The standard InChI is InChI=1S/C15H18Cl2N2O3/c1-10(15(21)19-4-6-22-7-5-19)18-14(20)8-11-2-3-12(16)9-13(11)17/h2-3,9-10H,4-8H2,1H3,(H,18,20)/t10-/m1/s1. The zero-order chi connectivity index (χ0) is 16.1. The third kappa shape index (κ3) is 4.60. The van der Waals surface area contributed by atoms with Gasteiger partial charge >= 0.3 is 0 Å². The Morgan fingerprint density at radius 3 is 2.64 bits per heavy atom. The predicted octanol–water partition coefficient (Wildman–Crippen LogP) is 1.90. The molecule has 1 atom stereocenters. The van der Waals surface area contributed by atoms with Gasteiger partial charge in [0.1, 0.15) is 6.04 Å². The van der Waals surface area contributed by atoms with Crippen LogP contribution in [0.3, 0.4) is 0 Å². The van der Waals surface area contributed by atoms with Crippen molar-refractivity contribution in [3.8, 4) is 0 Å². The fourth-order valence-electron chi connectivity index (χ4n) is 2.25. The number of rotatable bonds is 4. The lowest BCUT2D eigenvalue weighted by molar-refractivity contribution is -0.139. The van der Waals surface area contributed by atoms with Crippen molar-refractivity contribution in [2.75, 3.05) is 26.3 Å². The summed E-state index contributed by atoms with van der Waals surface area (Å²) in [6.45, 7) is 3.86. The minimum atomic E-state index is -0.573. The molecule has 1 N–H and O–H groups in total. The number of hydrogen-bond acceptors (Lipinski definition) is 3. The average molecular weight is 345 g/mol. The molecule has 2 rings (SSSR count). The van der Waals surface area contributed by atoms with Crippen molar-refractivity contribution in [2.45, 2.75) is 19.4 Å². The largest absolute Gasteiger partial charge is 0.378 e. The fourth-order valence-corrected chi connectivity index (χ4v) is 2.73. The molecule has 1 aromatic carbocycles. The van der Waals surface area contributed by atoms with Crippen LogP contribution in [0.5, 0.6) is 0 Å². The van der Waals surface area contributed by atoms with Crippen molar-refractivity contribution in [3.05, 3.63) is 33.8 Å². The normalized spacial score (nSPS) is 16.2. The molecule has 2 amide bonds. The van der Waals surface area contributed by atoms with E-state index in [9.17, 15) is 9.59 Å². The zero-order valence-corrected chi connectivity index (χ0v) is 13.8. The SMILES string of the molecule is C[C@@H](NC(=O)Cc1ccc(Cl)cc1Cl)C(=O)N1CCOCC1. The number of halogens is 2. The fraction of sp³-hybridized carbons (Fsp3) is 0.467. The van der Waals surface area contributed by atoms with Gasteiger partial charge in [0.2, 0.25) is 11.8 Å². The molecule has 0 aromatic heterocycles. The third-order valence-corrected chi connectivity index (χ3v) is 4.02. The van der Waals surface area contributed by atoms with E-state index in [1.807, 2.05) is 0 Å². The number of nitrogens with zero attached hydrogens (tertiary/aromatic N) is 1. The monoisotopic (exact) mass is 344 g/mol. The first-order chi connectivity index (χ1) is 10.5. The maximum atomic E-state index is 12.2. The molecule has 22 heavy (non-hydrogen) atoms. The Hall–Kier alpha value is -1.30. The Bertz CT molecular complexity index is 560.